The van der Waals surface area contributed by atoms with Gasteiger partial charge in [-0.3, -0.25) is 19.2 Å². The predicted octanol–water partition coefficient (Wildman–Crippen LogP) is 0.867. The van der Waals surface area contributed by atoms with E-state index >= 15 is 0 Å². The molecular weight excluding hydrogens is 490 g/mol. The minimum Gasteiger partial charge on any atom is -0.480 e. The summed E-state index contributed by atoms with van der Waals surface area (Å²) in [5, 5.41) is 18.5. The van der Waals surface area contributed by atoms with Crippen LogP contribution in [0.2, 0.25) is 0 Å². The number of rotatable bonds is 11. The summed E-state index contributed by atoms with van der Waals surface area (Å²) in [7, 11) is 0. The average Bonchev–Trinajstić information content (AvgIpc) is 3.66. The molecule has 0 aromatic rings. The van der Waals surface area contributed by atoms with Gasteiger partial charge in [0.25, 0.3) is 0 Å². The molecule has 4 N–H and O–H groups in total. The number of aliphatic carboxylic acids is 1. The zero-order valence-electron chi connectivity index (χ0n) is 23.2. The Morgan fingerprint density at radius 2 is 1.50 bits per heavy atom. The maximum absolute atomic E-state index is 13.7. The van der Waals surface area contributed by atoms with E-state index in [2.05, 4.69) is 16.0 Å². The van der Waals surface area contributed by atoms with Gasteiger partial charge in [0.2, 0.25) is 23.6 Å². The number of carbonyl (C=O) groups excluding carboxylic acids is 4. The Morgan fingerprint density at radius 1 is 0.868 bits per heavy atom. The van der Waals surface area contributed by atoms with E-state index in [1.165, 1.54) is 4.90 Å². The zero-order valence-corrected chi connectivity index (χ0v) is 23.2. The monoisotopic (exact) mass is 535 g/mol. The average molecular weight is 536 g/mol. The van der Waals surface area contributed by atoms with Crippen molar-refractivity contribution in [3.63, 3.8) is 0 Å². The lowest BCUT2D eigenvalue weighted by Gasteiger charge is -2.33. The van der Waals surface area contributed by atoms with Crippen LogP contribution < -0.4 is 16.0 Å². The molecule has 3 aliphatic rings. The lowest BCUT2D eigenvalue weighted by Crippen LogP contribution is -2.59. The van der Waals surface area contributed by atoms with E-state index < -0.39 is 36.0 Å². The number of likely N-dealkylation sites (tertiary alicyclic amines) is 2. The molecule has 0 unspecified atom stereocenters. The van der Waals surface area contributed by atoms with Crippen LogP contribution in [0, 0.1) is 11.8 Å². The molecule has 0 aromatic carbocycles. The van der Waals surface area contributed by atoms with Gasteiger partial charge < -0.3 is 30.9 Å². The summed E-state index contributed by atoms with van der Waals surface area (Å²) in [6.45, 7) is 9.27. The maximum atomic E-state index is 13.7. The van der Waals surface area contributed by atoms with Gasteiger partial charge in [-0.25, -0.2) is 4.79 Å². The van der Waals surface area contributed by atoms with Gasteiger partial charge in [-0.2, -0.15) is 0 Å². The Kier molecular flexibility index (Phi) is 10.5. The second kappa shape index (κ2) is 13.4. The second-order valence-electron chi connectivity index (χ2n) is 11.4. The number of carboxylic acids is 1. The van der Waals surface area contributed by atoms with E-state index in [1.54, 1.807) is 4.90 Å². The number of carboxylic acid groups (broad SMARTS) is 1. The van der Waals surface area contributed by atoms with Gasteiger partial charge in [-0.05, 0) is 63.3 Å². The Bertz CT molecular complexity index is 889. The molecule has 38 heavy (non-hydrogen) atoms. The molecule has 214 valence electrons. The SMILES string of the molecule is CC[C@H](C)[C@H](NC(=O)[C@H]1CCCN1C(=O)[C@H](CC(C)C)NC(=O)[C@H]1CCCN1)C(=O)N1CCC[C@@H]1C(=O)O. The highest BCUT2D eigenvalue weighted by Gasteiger charge is 2.42. The molecular formula is C27H45N5O6. The summed E-state index contributed by atoms with van der Waals surface area (Å²) in [6.07, 6.45) is 4.83. The molecule has 0 aromatic heterocycles. The quantitative estimate of drug-likeness (QED) is 0.307. The molecule has 3 aliphatic heterocycles. The Balaban J connectivity index is 1.73. The largest absolute Gasteiger partial charge is 0.480 e. The van der Waals surface area contributed by atoms with E-state index in [9.17, 15) is 29.1 Å². The number of carbonyl (C=O) groups is 5. The third kappa shape index (κ3) is 7.03. The first-order chi connectivity index (χ1) is 18.0. The van der Waals surface area contributed by atoms with Gasteiger partial charge in [0.1, 0.15) is 24.2 Å². The molecule has 0 bridgehead atoms. The van der Waals surface area contributed by atoms with Gasteiger partial charge in [0, 0.05) is 13.1 Å². The molecule has 0 spiro atoms. The van der Waals surface area contributed by atoms with Gasteiger partial charge >= 0.3 is 5.97 Å². The fourth-order valence-electron chi connectivity index (χ4n) is 5.78. The molecule has 0 aliphatic carbocycles. The van der Waals surface area contributed by atoms with Crippen molar-refractivity contribution in [1.82, 2.24) is 25.8 Å². The van der Waals surface area contributed by atoms with Crippen molar-refractivity contribution in [2.24, 2.45) is 11.8 Å². The van der Waals surface area contributed by atoms with Gasteiger partial charge in [0.15, 0.2) is 0 Å². The summed E-state index contributed by atoms with van der Waals surface area (Å²) >= 11 is 0. The summed E-state index contributed by atoms with van der Waals surface area (Å²) in [4.78, 5) is 67.9. The Labute approximate surface area is 225 Å². The van der Waals surface area contributed by atoms with Crippen LogP contribution in [0.1, 0.15) is 79.1 Å². The number of nitrogens with zero attached hydrogens (tertiary/aromatic N) is 2. The van der Waals surface area contributed by atoms with Crippen LogP contribution in [-0.4, -0.2) is 94.3 Å². The van der Waals surface area contributed by atoms with Gasteiger partial charge in [-0.15, -0.1) is 0 Å². The third-order valence-electron chi connectivity index (χ3n) is 8.13. The summed E-state index contributed by atoms with van der Waals surface area (Å²) < 4.78 is 0. The van der Waals surface area contributed by atoms with E-state index in [4.69, 9.17) is 0 Å². The van der Waals surface area contributed by atoms with Crippen molar-refractivity contribution in [3.05, 3.63) is 0 Å². The van der Waals surface area contributed by atoms with Crippen LogP contribution in [0.25, 0.3) is 0 Å². The Morgan fingerprint density at radius 3 is 2.05 bits per heavy atom. The van der Waals surface area contributed by atoms with Crippen LogP contribution in [0.4, 0.5) is 0 Å². The fourth-order valence-corrected chi connectivity index (χ4v) is 5.78. The van der Waals surface area contributed by atoms with Crippen LogP contribution in [0.15, 0.2) is 0 Å². The molecule has 3 rings (SSSR count). The summed E-state index contributed by atoms with van der Waals surface area (Å²) in [5.74, 6) is -2.36. The molecule has 11 nitrogen and oxygen atoms in total. The number of hydrogen-bond acceptors (Lipinski definition) is 6. The highest BCUT2D eigenvalue weighted by Crippen LogP contribution is 2.24. The number of hydrogen-bond donors (Lipinski definition) is 4. The molecule has 0 saturated carbocycles. The van der Waals surface area contributed by atoms with Crippen LogP contribution in [-0.2, 0) is 24.0 Å². The molecule has 11 heteroatoms. The maximum Gasteiger partial charge on any atom is 0.326 e. The molecule has 6 atom stereocenters. The first kappa shape index (κ1) is 29.9. The highest BCUT2D eigenvalue weighted by molar-refractivity contribution is 5.96. The standard InChI is InChI=1S/C27H45N5O6/c1-5-17(4)22(26(36)32-14-8-11-21(32)27(37)38)30-24(34)20-10-7-13-31(20)25(35)19(15-16(2)3)29-23(33)18-9-6-12-28-18/h16-22,28H,5-15H2,1-4H3,(H,29,33)(H,30,34)(H,37,38)/t17-,18+,19-,20+,21+,22-/m0/s1. The molecule has 0 radical (unpaired) electrons. The molecule has 3 fully saturated rings. The minimum atomic E-state index is -1.04. The normalized spacial score (nSPS) is 25.8. The van der Waals surface area contributed by atoms with Crippen molar-refractivity contribution >= 4 is 29.6 Å². The fraction of sp³-hybridized carbons (Fsp3) is 0.815. The van der Waals surface area contributed by atoms with Crippen molar-refractivity contribution in [2.45, 2.75) is 109 Å². The first-order valence-electron chi connectivity index (χ1n) is 14.2. The number of nitrogens with one attached hydrogen (secondary N) is 3. The van der Waals surface area contributed by atoms with Crippen LogP contribution in [0.5, 0.6) is 0 Å². The van der Waals surface area contributed by atoms with Crippen molar-refractivity contribution in [1.29, 1.82) is 0 Å². The lowest BCUT2D eigenvalue weighted by molar-refractivity contribution is -0.150. The predicted molar refractivity (Wildman–Crippen MR) is 141 cm³/mol. The molecule has 4 amide bonds. The Hall–Kier alpha value is -2.69. The van der Waals surface area contributed by atoms with Crippen molar-refractivity contribution in [3.8, 4) is 0 Å². The van der Waals surface area contributed by atoms with E-state index in [-0.39, 0.29) is 35.6 Å². The minimum absolute atomic E-state index is 0.158. The van der Waals surface area contributed by atoms with E-state index in [0.29, 0.717) is 51.6 Å². The van der Waals surface area contributed by atoms with Crippen LogP contribution >= 0.6 is 0 Å². The topological polar surface area (TPSA) is 148 Å². The first-order valence-corrected chi connectivity index (χ1v) is 14.2. The van der Waals surface area contributed by atoms with E-state index in [0.717, 1.165) is 19.4 Å². The summed E-state index contributed by atoms with van der Waals surface area (Å²) in [6, 6.07) is -3.54. The van der Waals surface area contributed by atoms with Gasteiger partial charge in [0.05, 0.1) is 6.04 Å². The number of amides is 4. The summed E-state index contributed by atoms with van der Waals surface area (Å²) in [5.41, 5.74) is 0. The van der Waals surface area contributed by atoms with Crippen molar-refractivity contribution in [2.75, 3.05) is 19.6 Å². The smallest absolute Gasteiger partial charge is 0.326 e. The lowest BCUT2D eigenvalue weighted by atomic mass is 9.96. The highest BCUT2D eigenvalue weighted by atomic mass is 16.4. The second-order valence-corrected chi connectivity index (χ2v) is 11.4. The zero-order chi connectivity index (χ0) is 28.0. The van der Waals surface area contributed by atoms with Crippen molar-refractivity contribution < 1.29 is 29.1 Å². The van der Waals surface area contributed by atoms with Crippen LogP contribution in [0.3, 0.4) is 0 Å². The van der Waals surface area contributed by atoms with Gasteiger partial charge in [-0.1, -0.05) is 34.1 Å². The molecule has 3 heterocycles. The molecule has 3 saturated heterocycles. The third-order valence-corrected chi connectivity index (χ3v) is 8.13. The van der Waals surface area contributed by atoms with E-state index in [1.807, 2.05) is 27.7 Å².